The molecule has 0 aliphatic rings. The number of halogens is 2. The molecule has 21 heavy (non-hydrogen) atoms. The van der Waals surface area contributed by atoms with E-state index in [9.17, 15) is 4.79 Å². The molecule has 0 spiro atoms. The topological polar surface area (TPSA) is 87.7 Å². The van der Waals surface area contributed by atoms with Crippen molar-refractivity contribution in [3.05, 3.63) is 63.6 Å². The van der Waals surface area contributed by atoms with Crippen molar-refractivity contribution in [2.24, 2.45) is 10.9 Å². The minimum atomic E-state index is -0.444. The second kappa shape index (κ2) is 6.47. The van der Waals surface area contributed by atoms with Crippen LogP contribution in [-0.4, -0.2) is 17.0 Å². The number of para-hydroxylation sites is 1. The quantitative estimate of drug-likeness (QED) is 0.350. The van der Waals surface area contributed by atoms with Crippen molar-refractivity contribution in [1.82, 2.24) is 0 Å². The number of amidine groups is 1. The molecule has 5 nitrogen and oxygen atoms in total. The Morgan fingerprint density at radius 3 is 2.57 bits per heavy atom. The van der Waals surface area contributed by atoms with E-state index in [-0.39, 0.29) is 16.4 Å². The number of hydrogen-bond donors (Lipinski definition) is 3. The molecule has 0 unspecified atom stereocenters. The van der Waals surface area contributed by atoms with Crippen LogP contribution < -0.4 is 11.1 Å². The first-order valence-corrected chi connectivity index (χ1v) is 6.62. The summed E-state index contributed by atoms with van der Waals surface area (Å²) in [5, 5.41) is 15.0. The Hall–Kier alpha value is -2.24. The average molecular weight is 324 g/mol. The predicted octanol–water partition coefficient (Wildman–Crippen LogP) is 3.34. The lowest BCUT2D eigenvalue weighted by atomic mass is 10.1. The number of amides is 1. The van der Waals surface area contributed by atoms with E-state index in [1.54, 1.807) is 30.3 Å². The third-order valence-electron chi connectivity index (χ3n) is 2.73. The SMILES string of the molecule is N/C(=N/O)c1ccccc1NC(=O)c1cc(Cl)ccc1Cl. The summed E-state index contributed by atoms with van der Waals surface area (Å²) in [5.41, 5.74) is 6.59. The maximum absolute atomic E-state index is 12.3. The Bertz CT molecular complexity index is 717. The molecule has 2 rings (SSSR count). The smallest absolute Gasteiger partial charge is 0.257 e. The van der Waals surface area contributed by atoms with E-state index in [2.05, 4.69) is 10.5 Å². The van der Waals surface area contributed by atoms with Crippen molar-refractivity contribution in [1.29, 1.82) is 0 Å². The van der Waals surface area contributed by atoms with Crippen LogP contribution in [0.4, 0.5) is 5.69 Å². The van der Waals surface area contributed by atoms with Gasteiger partial charge in [-0.2, -0.15) is 0 Å². The summed E-state index contributed by atoms with van der Waals surface area (Å²) in [6.45, 7) is 0. The zero-order valence-electron chi connectivity index (χ0n) is 10.7. The van der Waals surface area contributed by atoms with Crippen molar-refractivity contribution < 1.29 is 10.0 Å². The highest BCUT2D eigenvalue weighted by atomic mass is 35.5. The number of anilines is 1. The van der Waals surface area contributed by atoms with Crippen LogP contribution >= 0.6 is 23.2 Å². The van der Waals surface area contributed by atoms with E-state index in [0.717, 1.165) is 0 Å². The number of nitrogens with one attached hydrogen (secondary N) is 1. The van der Waals surface area contributed by atoms with Gasteiger partial charge in [0.15, 0.2) is 5.84 Å². The predicted molar refractivity (Wildman–Crippen MR) is 83.4 cm³/mol. The van der Waals surface area contributed by atoms with Crippen LogP contribution in [0.5, 0.6) is 0 Å². The van der Waals surface area contributed by atoms with Crippen LogP contribution in [-0.2, 0) is 0 Å². The number of carbonyl (C=O) groups excluding carboxylic acids is 1. The summed E-state index contributed by atoms with van der Waals surface area (Å²) in [6, 6.07) is 11.2. The van der Waals surface area contributed by atoms with Crippen LogP contribution in [0.2, 0.25) is 10.0 Å². The minimum absolute atomic E-state index is 0.108. The van der Waals surface area contributed by atoms with Gasteiger partial charge in [-0.3, -0.25) is 4.79 Å². The van der Waals surface area contributed by atoms with Gasteiger partial charge in [-0.1, -0.05) is 40.5 Å². The molecule has 7 heteroatoms. The highest BCUT2D eigenvalue weighted by Crippen LogP contribution is 2.23. The Morgan fingerprint density at radius 2 is 1.86 bits per heavy atom. The summed E-state index contributed by atoms with van der Waals surface area (Å²) >= 11 is 11.8. The third-order valence-corrected chi connectivity index (χ3v) is 3.30. The maximum Gasteiger partial charge on any atom is 0.257 e. The Balaban J connectivity index is 2.34. The fourth-order valence-electron chi connectivity index (χ4n) is 1.73. The summed E-state index contributed by atoms with van der Waals surface area (Å²) < 4.78 is 0. The molecule has 2 aromatic carbocycles. The highest BCUT2D eigenvalue weighted by Gasteiger charge is 2.14. The van der Waals surface area contributed by atoms with Crippen molar-refractivity contribution >= 4 is 40.6 Å². The summed E-state index contributed by atoms with van der Waals surface area (Å²) in [6.07, 6.45) is 0. The van der Waals surface area contributed by atoms with E-state index in [1.807, 2.05) is 0 Å². The molecule has 4 N–H and O–H groups in total. The molecule has 0 saturated heterocycles. The molecule has 108 valence electrons. The lowest BCUT2D eigenvalue weighted by molar-refractivity contribution is 0.102. The van der Waals surface area contributed by atoms with Crippen molar-refractivity contribution in [3.63, 3.8) is 0 Å². The average Bonchev–Trinajstić information content (AvgIpc) is 2.49. The van der Waals surface area contributed by atoms with Crippen LogP contribution in [0.25, 0.3) is 0 Å². The van der Waals surface area contributed by atoms with Gasteiger partial charge in [0.05, 0.1) is 16.3 Å². The summed E-state index contributed by atoms with van der Waals surface area (Å²) in [5.74, 6) is -0.552. The number of benzene rings is 2. The molecule has 0 heterocycles. The molecule has 1 amide bonds. The monoisotopic (exact) mass is 323 g/mol. The van der Waals surface area contributed by atoms with Gasteiger partial charge in [-0.05, 0) is 30.3 Å². The second-order valence-corrected chi connectivity index (χ2v) is 4.95. The molecule has 0 aliphatic carbocycles. The zero-order chi connectivity index (χ0) is 15.4. The number of rotatable bonds is 3. The van der Waals surface area contributed by atoms with Crippen molar-refractivity contribution in [3.8, 4) is 0 Å². The number of nitrogens with zero attached hydrogens (tertiary/aromatic N) is 1. The van der Waals surface area contributed by atoms with Gasteiger partial charge in [0, 0.05) is 10.6 Å². The van der Waals surface area contributed by atoms with Crippen molar-refractivity contribution in [2.75, 3.05) is 5.32 Å². The fourth-order valence-corrected chi connectivity index (χ4v) is 2.11. The van der Waals surface area contributed by atoms with Gasteiger partial charge in [-0.15, -0.1) is 0 Å². The van der Waals surface area contributed by atoms with Crippen LogP contribution in [0, 0.1) is 0 Å². The van der Waals surface area contributed by atoms with Crippen LogP contribution in [0.3, 0.4) is 0 Å². The fraction of sp³-hybridized carbons (Fsp3) is 0. The molecule has 0 radical (unpaired) electrons. The zero-order valence-corrected chi connectivity index (χ0v) is 12.2. The van der Waals surface area contributed by atoms with E-state index < -0.39 is 5.91 Å². The Labute approximate surface area is 131 Å². The van der Waals surface area contributed by atoms with E-state index in [1.165, 1.54) is 12.1 Å². The van der Waals surface area contributed by atoms with Crippen LogP contribution in [0.1, 0.15) is 15.9 Å². The molecule has 2 aromatic rings. The molecule has 0 fully saturated rings. The molecule has 0 atom stereocenters. The first-order chi connectivity index (χ1) is 10.0. The molecule has 0 saturated carbocycles. The van der Waals surface area contributed by atoms with Gasteiger partial charge in [0.1, 0.15) is 0 Å². The Kier molecular flexibility index (Phi) is 4.67. The highest BCUT2D eigenvalue weighted by molar-refractivity contribution is 6.36. The van der Waals surface area contributed by atoms with Crippen molar-refractivity contribution in [2.45, 2.75) is 0 Å². The molecule has 0 bridgehead atoms. The Morgan fingerprint density at radius 1 is 1.14 bits per heavy atom. The normalized spacial score (nSPS) is 11.2. The van der Waals surface area contributed by atoms with E-state index in [0.29, 0.717) is 16.3 Å². The van der Waals surface area contributed by atoms with Gasteiger partial charge < -0.3 is 16.3 Å². The van der Waals surface area contributed by atoms with E-state index in [4.69, 9.17) is 34.1 Å². The summed E-state index contributed by atoms with van der Waals surface area (Å²) in [4.78, 5) is 12.3. The largest absolute Gasteiger partial charge is 0.409 e. The number of hydrogen-bond acceptors (Lipinski definition) is 3. The van der Waals surface area contributed by atoms with Gasteiger partial charge in [-0.25, -0.2) is 0 Å². The van der Waals surface area contributed by atoms with E-state index >= 15 is 0 Å². The first kappa shape index (κ1) is 15.2. The maximum atomic E-state index is 12.3. The molecule has 0 aliphatic heterocycles. The van der Waals surface area contributed by atoms with Gasteiger partial charge >= 0.3 is 0 Å². The summed E-state index contributed by atoms with van der Waals surface area (Å²) in [7, 11) is 0. The lowest BCUT2D eigenvalue weighted by Gasteiger charge is -2.11. The van der Waals surface area contributed by atoms with Gasteiger partial charge in [0.2, 0.25) is 0 Å². The van der Waals surface area contributed by atoms with Gasteiger partial charge in [0.25, 0.3) is 5.91 Å². The number of carbonyl (C=O) groups is 1. The molecular weight excluding hydrogens is 313 g/mol. The first-order valence-electron chi connectivity index (χ1n) is 5.86. The standard InChI is InChI=1S/C14H11Cl2N3O2/c15-8-5-6-11(16)10(7-8)14(20)18-12-4-2-1-3-9(12)13(17)19-21/h1-7,21H,(H2,17,19)(H,18,20). The second-order valence-electron chi connectivity index (χ2n) is 4.11. The third kappa shape index (κ3) is 3.45. The number of nitrogens with two attached hydrogens (primary N) is 1. The lowest BCUT2D eigenvalue weighted by Crippen LogP contribution is -2.19. The molecular formula is C14H11Cl2N3O2. The minimum Gasteiger partial charge on any atom is -0.409 e. The van der Waals surface area contributed by atoms with Crippen LogP contribution in [0.15, 0.2) is 47.6 Å². The number of oxime groups is 1. The molecule has 0 aromatic heterocycles.